The molecule has 1 aromatic rings. The summed E-state index contributed by atoms with van der Waals surface area (Å²) in [7, 11) is 0. The summed E-state index contributed by atoms with van der Waals surface area (Å²) in [6, 6.07) is 3.42. The number of hydrogen-bond donors (Lipinski definition) is 1. The maximum Gasteiger partial charge on any atom is 0.389 e. The third kappa shape index (κ3) is 6.42. The molecule has 0 spiro atoms. The van der Waals surface area contributed by atoms with Crippen LogP contribution in [-0.4, -0.2) is 23.8 Å². The summed E-state index contributed by atoms with van der Waals surface area (Å²) in [5, 5.41) is 0. The van der Waals surface area contributed by atoms with Gasteiger partial charge < -0.3 is 10.5 Å². The van der Waals surface area contributed by atoms with Crippen molar-refractivity contribution in [1.29, 1.82) is 0 Å². The van der Waals surface area contributed by atoms with Crippen molar-refractivity contribution in [1.82, 2.24) is 4.98 Å². The highest BCUT2D eigenvalue weighted by Gasteiger charge is 2.26. The van der Waals surface area contributed by atoms with Crippen LogP contribution in [0.25, 0.3) is 0 Å². The maximum atomic E-state index is 12.0. The predicted octanol–water partition coefficient (Wildman–Crippen LogP) is 3.00. The van der Waals surface area contributed by atoms with Crippen molar-refractivity contribution in [2.45, 2.75) is 45.3 Å². The van der Waals surface area contributed by atoms with Gasteiger partial charge in [-0.3, -0.25) is 4.98 Å². The van der Waals surface area contributed by atoms with Crippen molar-refractivity contribution in [3.8, 4) is 5.75 Å². The molecule has 6 heteroatoms. The van der Waals surface area contributed by atoms with Gasteiger partial charge in [0.25, 0.3) is 0 Å². The van der Waals surface area contributed by atoms with E-state index in [1.807, 2.05) is 13.8 Å². The molecular formula is C13H19F3N2O. The fourth-order valence-electron chi connectivity index (χ4n) is 1.64. The van der Waals surface area contributed by atoms with Gasteiger partial charge in [0.15, 0.2) is 0 Å². The maximum absolute atomic E-state index is 12.0. The number of aromatic nitrogens is 1. The first-order chi connectivity index (χ1) is 8.78. The normalized spacial score (nSPS) is 13.4. The molecule has 3 nitrogen and oxygen atoms in total. The Labute approximate surface area is 111 Å². The molecule has 1 rings (SSSR count). The Hall–Kier alpha value is -1.30. The van der Waals surface area contributed by atoms with Gasteiger partial charge in [-0.2, -0.15) is 13.2 Å². The highest BCUT2D eigenvalue weighted by Crippen LogP contribution is 2.23. The van der Waals surface area contributed by atoms with Crippen molar-refractivity contribution in [2.75, 3.05) is 6.61 Å². The van der Waals surface area contributed by atoms with E-state index in [1.165, 1.54) is 0 Å². The lowest BCUT2D eigenvalue weighted by Crippen LogP contribution is -2.19. The van der Waals surface area contributed by atoms with Crippen LogP contribution in [-0.2, 0) is 6.42 Å². The van der Waals surface area contributed by atoms with E-state index in [2.05, 4.69) is 4.98 Å². The zero-order chi connectivity index (χ0) is 14.5. The highest BCUT2D eigenvalue weighted by molar-refractivity contribution is 5.29. The van der Waals surface area contributed by atoms with E-state index in [1.54, 1.807) is 12.1 Å². The van der Waals surface area contributed by atoms with Crippen LogP contribution in [0.5, 0.6) is 5.75 Å². The minimum atomic E-state index is -4.14. The molecule has 108 valence electrons. The Kier molecular flexibility index (Phi) is 5.60. The van der Waals surface area contributed by atoms with Gasteiger partial charge >= 0.3 is 6.18 Å². The van der Waals surface area contributed by atoms with E-state index < -0.39 is 12.6 Å². The predicted molar refractivity (Wildman–Crippen MR) is 67.1 cm³/mol. The Balaban J connectivity index is 2.57. The molecule has 0 aliphatic carbocycles. The van der Waals surface area contributed by atoms with Gasteiger partial charge in [-0.05, 0) is 32.4 Å². The van der Waals surface area contributed by atoms with E-state index in [0.717, 1.165) is 5.69 Å². The number of nitrogens with two attached hydrogens (primary N) is 1. The second kappa shape index (κ2) is 6.75. The first-order valence-corrected chi connectivity index (χ1v) is 6.19. The SMILES string of the molecule is Cc1ccc(OCCCC(F)(F)F)c(CC(C)N)n1. The fraction of sp³-hybridized carbons (Fsp3) is 0.615. The summed E-state index contributed by atoms with van der Waals surface area (Å²) in [5.41, 5.74) is 7.24. The van der Waals surface area contributed by atoms with E-state index in [-0.39, 0.29) is 19.1 Å². The van der Waals surface area contributed by atoms with Crippen LogP contribution in [0.3, 0.4) is 0 Å². The van der Waals surface area contributed by atoms with Gasteiger partial charge in [0.2, 0.25) is 0 Å². The zero-order valence-corrected chi connectivity index (χ0v) is 11.1. The van der Waals surface area contributed by atoms with Gasteiger partial charge in [-0.1, -0.05) is 0 Å². The standard InChI is InChI=1S/C13H19F3N2O/c1-9(17)8-11-12(5-4-10(2)18-11)19-7-3-6-13(14,15)16/h4-5,9H,3,6-8,17H2,1-2H3. The van der Waals surface area contributed by atoms with E-state index in [9.17, 15) is 13.2 Å². The summed E-state index contributed by atoms with van der Waals surface area (Å²) in [4.78, 5) is 4.31. The van der Waals surface area contributed by atoms with Crippen molar-refractivity contribution < 1.29 is 17.9 Å². The van der Waals surface area contributed by atoms with Crippen LogP contribution in [0.15, 0.2) is 12.1 Å². The van der Waals surface area contributed by atoms with Crippen LogP contribution < -0.4 is 10.5 Å². The van der Waals surface area contributed by atoms with Crippen LogP contribution in [0.4, 0.5) is 13.2 Å². The Bertz CT molecular complexity index is 405. The van der Waals surface area contributed by atoms with E-state index >= 15 is 0 Å². The number of ether oxygens (including phenoxy) is 1. The van der Waals surface area contributed by atoms with Crippen molar-refractivity contribution in [2.24, 2.45) is 5.73 Å². The molecule has 0 bridgehead atoms. The average Bonchev–Trinajstić information content (AvgIpc) is 2.24. The molecule has 1 atom stereocenters. The first kappa shape index (κ1) is 15.8. The lowest BCUT2D eigenvalue weighted by atomic mass is 10.1. The van der Waals surface area contributed by atoms with E-state index in [0.29, 0.717) is 17.9 Å². The second-order valence-corrected chi connectivity index (χ2v) is 4.65. The Morgan fingerprint density at radius 2 is 2.05 bits per heavy atom. The molecule has 0 fully saturated rings. The average molecular weight is 276 g/mol. The third-order valence-electron chi connectivity index (χ3n) is 2.45. The van der Waals surface area contributed by atoms with Gasteiger partial charge in [-0.25, -0.2) is 0 Å². The molecular weight excluding hydrogens is 257 g/mol. The smallest absolute Gasteiger partial charge is 0.389 e. The molecule has 1 heterocycles. The molecule has 19 heavy (non-hydrogen) atoms. The zero-order valence-electron chi connectivity index (χ0n) is 11.1. The molecule has 0 saturated heterocycles. The summed E-state index contributed by atoms with van der Waals surface area (Å²) in [6.07, 6.45) is -4.50. The number of halogens is 3. The second-order valence-electron chi connectivity index (χ2n) is 4.65. The lowest BCUT2D eigenvalue weighted by Gasteiger charge is -2.13. The quantitative estimate of drug-likeness (QED) is 0.812. The number of rotatable bonds is 6. The Morgan fingerprint density at radius 3 is 2.63 bits per heavy atom. The summed E-state index contributed by atoms with van der Waals surface area (Å²) >= 11 is 0. The minimum Gasteiger partial charge on any atom is -0.492 e. The van der Waals surface area contributed by atoms with Crippen LogP contribution in [0.1, 0.15) is 31.2 Å². The molecule has 2 N–H and O–H groups in total. The van der Waals surface area contributed by atoms with Crippen LogP contribution in [0, 0.1) is 6.92 Å². The molecule has 0 amide bonds. The lowest BCUT2D eigenvalue weighted by molar-refractivity contribution is -0.136. The monoisotopic (exact) mass is 276 g/mol. The number of aryl methyl sites for hydroxylation is 1. The number of pyridine rings is 1. The summed E-state index contributed by atoms with van der Waals surface area (Å²) < 4.78 is 41.4. The van der Waals surface area contributed by atoms with Gasteiger partial charge in [0.1, 0.15) is 5.75 Å². The van der Waals surface area contributed by atoms with Crippen molar-refractivity contribution in [3.05, 3.63) is 23.5 Å². The molecule has 1 aromatic heterocycles. The summed E-state index contributed by atoms with van der Waals surface area (Å²) in [5.74, 6) is 0.519. The molecule has 0 radical (unpaired) electrons. The topological polar surface area (TPSA) is 48.1 Å². The molecule has 0 saturated carbocycles. The van der Waals surface area contributed by atoms with Crippen LogP contribution >= 0.6 is 0 Å². The number of hydrogen-bond acceptors (Lipinski definition) is 3. The Morgan fingerprint density at radius 1 is 1.37 bits per heavy atom. The number of nitrogens with zero attached hydrogens (tertiary/aromatic N) is 1. The molecule has 1 unspecified atom stereocenters. The van der Waals surface area contributed by atoms with Gasteiger partial charge in [-0.15, -0.1) is 0 Å². The summed E-state index contributed by atoms with van der Waals surface area (Å²) in [6.45, 7) is 3.71. The molecule has 0 aromatic carbocycles. The van der Waals surface area contributed by atoms with Gasteiger partial charge in [0, 0.05) is 24.6 Å². The minimum absolute atomic E-state index is 0.0240. The van der Waals surface area contributed by atoms with Gasteiger partial charge in [0.05, 0.1) is 12.3 Å². The number of alkyl halides is 3. The fourth-order valence-corrected chi connectivity index (χ4v) is 1.64. The third-order valence-corrected chi connectivity index (χ3v) is 2.45. The van der Waals surface area contributed by atoms with Crippen molar-refractivity contribution in [3.63, 3.8) is 0 Å². The highest BCUT2D eigenvalue weighted by atomic mass is 19.4. The molecule has 0 aliphatic heterocycles. The molecule has 0 aliphatic rings. The largest absolute Gasteiger partial charge is 0.492 e. The van der Waals surface area contributed by atoms with E-state index in [4.69, 9.17) is 10.5 Å². The van der Waals surface area contributed by atoms with Crippen molar-refractivity contribution >= 4 is 0 Å². The van der Waals surface area contributed by atoms with Crippen LogP contribution in [0.2, 0.25) is 0 Å². The first-order valence-electron chi connectivity index (χ1n) is 6.19.